The summed E-state index contributed by atoms with van der Waals surface area (Å²) >= 11 is 0. The zero-order valence-corrected chi connectivity index (χ0v) is 21.1. The maximum Gasteiger partial charge on any atom is 0.246 e. The molecule has 0 aromatic heterocycles. The molecule has 2 aromatic carbocycles. The van der Waals surface area contributed by atoms with Crippen molar-refractivity contribution in [3.05, 3.63) is 53.1 Å². The number of anilines is 1. The lowest BCUT2D eigenvalue weighted by molar-refractivity contribution is -0.134. The molecule has 2 aromatic rings. The molecule has 0 aliphatic carbocycles. The van der Waals surface area contributed by atoms with Crippen LogP contribution in [-0.2, 0) is 21.4 Å². The summed E-state index contributed by atoms with van der Waals surface area (Å²) in [5, 5.41) is 0. The molecule has 0 unspecified atom stereocenters. The molecule has 4 rings (SSSR count). The summed E-state index contributed by atoms with van der Waals surface area (Å²) in [7, 11) is -3.65. The molecule has 2 aliphatic rings. The molecular formula is C25H33N3O5S. The summed E-state index contributed by atoms with van der Waals surface area (Å²) in [6.07, 6.45) is 1.57. The zero-order chi connectivity index (χ0) is 24.5. The lowest BCUT2D eigenvalue weighted by Gasteiger charge is -2.39. The Labute approximate surface area is 202 Å². The minimum absolute atomic E-state index is 0.145. The predicted octanol–water partition coefficient (Wildman–Crippen LogP) is 2.92. The molecule has 184 valence electrons. The van der Waals surface area contributed by atoms with Crippen LogP contribution >= 0.6 is 0 Å². The zero-order valence-electron chi connectivity index (χ0n) is 20.3. The first-order valence-electron chi connectivity index (χ1n) is 11.6. The van der Waals surface area contributed by atoms with E-state index in [1.165, 1.54) is 10.6 Å². The number of benzene rings is 2. The van der Waals surface area contributed by atoms with Gasteiger partial charge in [-0.15, -0.1) is 0 Å². The molecular weight excluding hydrogens is 454 g/mol. The lowest BCUT2D eigenvalue weighted by Crippen LogP contribution is -2.55. The Morgan fingerprint density at radius 1 is 1.00 bits per heavy atom. The highest BCUT2D eigenvalue weighted by Crippen LogP contribution is 2.33. The molecule has 9 heteroatoms. The standard InChI is InChI=1S/C25H33N3O5S/c1-5-22(28(34(4,30)31)21-8-6-18(2)19(3)14-21)25(29)27-12-10-26(11-13-27)16-20-7-9-23-24(15-20)33-17-32-23/h6-9,14-15,22H,5,10-13,16-17H2,1-4H3/t22-/m0/s1. The highest BCUT2D eigenvalue weighted by Gasteiger charge is 2.35. The Kier molecular flexibility index (Phi) is 7.04. The van der Waals surface area contributed by atoms with Crippen molar-refractivity contribution in [1.29, 1.82) is 0 Å². The molecule has 1 amide bonds. The number of amides is 1. The molecule has 34 heavy (non-hydrogen) atoms. The fourth-order valence-electron chi connectivity index (χ4n) is 4.54. The van der Waals surface area contributed by atoms with Crippen LogP contribution in [0.25, 0.3) is 0 Å². The van der Waals surface area contributed by atoms with Crippen molar-refractivity contribution in [3.8, 4) is 11.5 Å². The van der Waals surface area contributed by atoms with Gasteiger partial charge in [-0.1, -0.05) is 19.1 Å². The summed E-state index contributed by atoms with van der Waals surface area (Å²) in [5.74, 6) is 1.39. The van der Waals surface area contributed by atoms with Crippen molar-refractivity contribution in [2.24, 2.45) is 0 Å². The fraction of sp³-hybridized carbons (Fsp3) is 0.480. The Morgan fingerprint density at radius 3 is 2.35 bits per heavy atom. The van der Waals surface area contributed by atoms with Gasteiger partial charge in [-0.3, -0.25) is 14.0 Å². The van der Waals surface area contributed by atoms with Gasteiger partial charge in [-0.05, 0) is 61.2 Å². The second-order valence-electron chi connectivity index (χ2n) is 9.04. The van der Waals surface area contributed by atoms with Gasteiger partial charge in [0, 0.05) is 32.7 Å². The van der Waals surface area contributed by atoms with Crippen LogP contribution in [0.2, 0.25) is 0 Å². The normalized spacial score (nSPS) is 17.0. The third-order valence-electron chi connectivity index (χ3n) is 6.58. The molecule has 0 bridgehead atoms. The van der Waals surface area contributed by atoms with Crippen LogP contribution < -0.4 is 13.8 Å². The third-order valence-corrected chi connectivity index (χ3v) is 7.76. The summed E-state index contributed by atoms with van der Waals surface area (Å²) in [4.78, 5) is 17.6. The average Bonchev–Trinajstić information content (AvgIpc) is 3.26. The van der Waals surface area contributed by atoms with E-state index in [0.717, 1.165) is 47.8 Å². The number of sulfonamides is 1. The van der Waals surface area contributed by atoms with Gasteiger partial charge in [-0.25, -0.2) is 8.42 Å². The molecule has 1 saturated heterocycles. The van der Waals surface area contributed by atoms with E-state index in [4.69, 9.17) is 9.47 Å². The minimum Gasteiger partial charge on any atom is -0.454 e. The first-order chi connectivity index (χ1) is 16.2. The van der Waals surface area contributed by atoms with E-state index in [9.17, 15) is 13.2 Å². The number of rotatable bonds is 7. The smallest absolute Gasteiger partial charge is 0.246 e. The SMILES string of the molecule is CC[C@@H](C(=O)N1CCN(Cc2ccc3c(c2)OCO3)CC1)N(c1ccc(C)c(C)c1)S(C)(=O)=O. The number of carbonyl (C=O) groups excluding carboxylic acids is 1. The lowest BCUT2D eigenvalue weighted by atomic mass is 10.1. The maximum absolute atomic E-state index is 13.5. The summed E-state index contributed by atoms with van der Waals surface area (Å²) in [6, 6.07) is 10.7. The molecule has 0 saturated carbocycles. The van der Waals surface area contributed by atoms with Gasteiger partial charge in [0.15, 0.2) is 11.5 Å². The fourth-order valence-corrected chi connectivity index (χ4v) is 5.74. The molecule has 8 nitrogen and oxygen atoms in total. The summed E-state index contributed by atoms with van der Waals surface area (Å²) in [5.41, 5.74) is 3.74. The Hall–Kier alpha value is -2.78. The van der Waals surface area contributed by atoms with Crippen molar-refractivity contribution in [1.82, 2.24) is 9.80 Å². The molecule has 2 aliphatic heterocycles. The van der Waals surface area contributed by atoms with E-state index in [2.05, 4.69) is 4.90 Å². The van der Waals surface area contributed by atoms with Gasteiger partial charge in [0.05, 0.1) is 11.9 Å². The van der Waals surface area contributed by atoms with Crippen LogP contribution in [0.4, 0.5) is 5.69 Å². The van der Waals surface area contributed by atoms with Crippen LogP contribution in [0.15, 0.2) is 36.4 Å². The first-order valence-corrected chi connectivity index (χ1v) is 13.5. The second-order valence-corrected chi connectivity index (χ2v) is 10.9. The topological polar surface area (TPSA) is 79.4 Å². The van der Waals surface area contributed by atoms with Gasteiger partial charge in [0.25, 0.3) is 0 Å². The first kappa shape index (κ1) is 24.3. The van der Waals surface area contributed by atoms with Crippen LogP contribution in [-0.4, -0.2) is 69.4 Å². The highest BCUT2D eigenvalue weighted by atomic mass is 32.2. The molecule has 0 spiro atoms. The van der Waals surface area contributed by atoms with Gasteiger partial charge >= 0.3 is 0 Å². The predicted molar refractivity (Wildman–Crippen MR) is 132 cm³/mol. The van der Waals surface area contributed by atoms with Crippen molar-refractivity contribution in [2.45, 2.75) is 39.8 Å². The van der Waals surface area contributed by atoms with Gasteiger partial charge in [0.1, 0.15) is 6.04 Å². The van der Waals surface area contributed by atoms with Gasteiger partial charge in [-0.2, -0.15) is 0 Å². The number of carbonyl (C=O) groups is 1. The number of fused-ring (bicyclic) bond motifs is 1. The summed E-state index contributed by atoms with van der Waals surface area (Å²) < 4.78 is 37.7. The van der Waals surface area contributed by atoms with E-state index in [0.29, 0.717) is 25.2 Å². The Balaban J connectivity index is 1.44. The molecule has 2 heterocycles. The highest BCUT2D eigenvalue weighted by molar-refractivity contribution is 7.92. The quantitative estimate of drug-likeness (QED) is 0.598. The number of piperazine rings is 1. The Bertz CT molecular complexity index is 1160. The van der Waals surface area contributed by atoms with Gasteiger partial charge < -0.3 is 14.4 Å². The number of hydrogen-bond acceptors (Lipinski definition) is 6. The van der Waals surface area contributed by atoms with E-state index < -0.39 is 16.1 Å². The number of aryl methyl sites for hydroxylation is 2. The second kappa shape index (κ2) is 9.84. The number of hydrogen-bond donors (Lipinski definition) is 0. The number of nitrogens with zero attached hydrogens (tertiary/aromatic N) is 3. The average molecular weight is 488 g/mol. The van der Waals surface area contributed by atoms with Crippen molar-refractivity contribution in [2.75, 3.05) is 43.5 Å². The Morgan fingerprint density at radius 2 is 1.71 bits per heavy atom. The van der Waals surface area contributed by atoms with Crippen molar-refractivity contribution >= 4 is 21.6 Å². The minimum atomic E-state index is -3.65. The van der Waals surface area contributed by atoms with Crippen LogP contribution in [0.1, 0.15) is 30.0 Å². The van der Waals surface area contributed by atoms with Crippen LogP contribution in [0.5, 0.6) is 11.5 Å². The monoisotopic (exact) mass is 487 g/mol. The van der Waals surface area contributed by atoms with Crippen molar-refractivity contribution in [3.63, 3.8) is 0 Å². The molecule has 0 radical (unpaired) electrons. The molecule has 1 atom stereocenters. The molecule has 1 fully saturated rings. The van der Waals surface area contributed by atoms with E-state index in [-0.39, 0.29) is 12.7 Å². The number of ether oxygens (including phenoxy) is 2. The molecule has 0 N–H and O–H groups in total. The van der Waals surface area contributed by atoms with Crippen LogP contribution in [0, 0.1) is 13.8 Å². The summed E-state index contributed by atoms with van der Waals surface area (Å²) in [6.45, 7) is 9.36. The largest absolute Gasteiger partial charge is 0.454 e. The van der Waals surface area contributed by atoms with Crippen molar-refractivity contribution < 1.29 is 22.7 Å². The van der Waals surface area contributed by atoms with Gasteiger partial charge in [0.2, 0.25) is 22.7 Å². The third kappa shape index (κ3) is 5.15. The van der Waals surface area contributed by atoms with E-state index >= 15 is 0 Å². The van der Waals surface area contributed by atoms with E-state index in [1.807, 2.05) is 51.1 Å². The maximum atomic E-state index is 13.5. The van der Waals surface area contributed by atoms with E-state index in [1.54, 1.807) is 11.0 Å². The van der Waals surface area contributed by atoms with Crippen LogP contribution in [0.3, 0.4) is 0 Å².